The average molecular weight is 352 g/mol. The highest BCUT2D eigenvalue weighted by atomic mass is 127. The van der Waals surface area contributed by atoms with E-state index in [4.69, 9.17) is 5.26 Å². The van der Waals surface area contributed by atoms with E-state index in [1.807, 2.05) is 0 Å². The van der Waals surface area contributed by atoms with Gasteiger partial charge in [0.2, 0.25) is 0 Å². The maximum Gasteiger partial charge on any atom is 0.310 e. The molecule has 0 atom stereocenters. The quantitative estimate of drug-likeness (QED) is 0.475. The largest absolute Gasteiger partial charge is 0.469 e. The Kier molecular flexibility index (Phi) is 4.74. The molecule has 0 spiro atoms. The van der Waals surface area contributed by atoms with E-state index in [2.05, 4.69) is 9.72 Å². The van der Waals surface area contributed by atoms with Crippen LogP contribution in [0.4, 0.5) is 8.78 Å². The standard InChI is InChI=1S/C10H7F2IN2O2/c1-17-8(16)3-5-2-7(13)15-9(10(11)12)6(5)4-14/h2,10H,3H2,1H3. The fourth-order valence-corrected chi connectivity index (χ4v) is 1.87. The first-order chi connectivity index (χ1) is 7.99. The SMILES string of the molecule is COC(=O)Cc1cc(I)nc(C(F)F)c1C#N. The molecule has 0 saturated heterocycles. The van der Waals surface area contributed by atoms with Crippen LogP contribution in [0.15, 0.2) is 6.07 Å². The Labute approximate surface area is 110 Å². The average Bonchev–Trinajstić information content (AvgIpc) is 2.28. The van der Waals surface area contributed by atoms with Crippen LogP contribution in [0, 0.1) is 15.0 Å². The van der Waals surface area contributed by atoms with Gasteiger partial charge in [0.05, 0.1) is 19.1 Å². The van der Waals surface area contributed by atoms with Gasteiger partial charge in [-0.15, -0.1) is 0 Å². The van der Waals surface area contributed by atoms with Crippen LogP contribution in [0.5, 0.6) is 0 Å². The summed E-state index contributed by atoms with van der Waals surface area (Å²) in [5.41, 5.74) is -0.654. The number of alkyl halides is 2. The van der Waals surface area contributed by atoms with Crippen LogP contribution in [0.2, 0.25) is 0 Å². The molecule has 0 saturated carbocycles. The van der Waals surface area contributed by atoms with Gasteiger partial charge < -0.3 is 4.74 Å². The van der Waals surface area contributed by atoms with Gasteiger partial charge in [-0.1, -0.05) is 0 Å². The van der Waals surface area contributed by atoms with E-state index in [1.54, 1.807) is 28.7 Å². The van der Waals surface area contributed by atoms with Gasteiger partial charge in [0, 0.05) is 0 Å². The van der Waals surface area contributed by atoms with Crippen LogP contribution in [0.1, 0.15) is 23.2 Å². The number of nitrogens with zero attached hydrogens (tertiary/aromatic N) is 2. The fourth-order valence-electron chi connectivity index (χ4n) is 1.24. The van der Waals surface area contributed by atoms with Crippen LogP contribution < -0.4 is 0 Å². The van der Waals surface area contributed by atoms with Crippen molar-refractivity contribution in [1.82, 2.24) is 4.98 Å². The number of carbonyl (C=O) groups is 1. The van der Waals surface area contributed by atoms with Crippen molar-refractivity contribution < 1.29 is 18.3 Å². The summed E-state index contributed by atoms with van der Waals surface area (Å²) in [4.78, 5) is 14.7. The van der Waals surface area contributed by atoms with E-state index < -0.39 is 18.1 Å². The second kappa shape index (κ2) is 5.86. The van der Waals surface area contributed by atoms with Crippen LogP contribution in [0.25, 0.3) is 0 Å². The van der Waals surface area contributed by atoms with Gasteiger partial charge in [0.1, 0.15) is 15.5 Å². The number of methoxy groups -OCH3 is 1. The van der Waals surface area contributed by atoms with Gasteiger partial charge in [0.25, 0.3) is 6.43 Å². The lowest BCUT2D eigenvalue weighted by Gasteiger charge is -2.08. The maximum atomic E-state index is 12.7. The second-order valence-electron chi connectivity index (χ2n) is 3.03. The number of nitriles is 1. The summed E-state index contributed by atoms with van der Waals surface area (Å²) >= 11 is 1.75. The van der Waals surface area contributed by atoms with Crippen molar-refractivity contribution >= 4 is 28.6 Å². The van der Waals surface area contributed by atoms with E-state index >= 15 is 0 Å². The summed E-state index contributed by atoms with van der Waals surface area (Å²) < 4.78 is 30.1. The molecule has 17 heavy (non-hydrogen) atoms. The van der Waals surface area contributed by atoms with Gasteiger partial charge in [-0.3, -0.25) is 4.79 Å². The molecule has 0 aliphatic heterocycles. The van der Waals surface area contributed by atoms with Crippen molar-refractivity contribution in [3.63, 3.8) is 0 Å². The molecule has 0 amide bonds. The van der Waals surface area contributed by atoms with E-state index in [0.717, 1.165) is 0 Å². The highest BCUT2D eigenvalue weighted by Crippen LogP contribution is 2.25. The molecular formula is C10H7F2IN2O2. The molecule has 0 radical (unpaired) electrons. The number of hydrogen-bond donors (Lipinski definition) is 0. The van der Waals surface area contributed by atoms with E-state index in [0.29, 0.717) is 3.70 Å². The van der Waals surface area contributed by atoms with Crippen LogP contribution in [-0.2, 0) is 16.0 Å². The number of pyridine rings is 1. The normalized spacial score (nSPS) is 10.1. The van der Waals surface area contributed by atoms with E-state index in [9.17, 15) is 13.6 Å². The topological polar surface area (TPSA) is 63.0 Å². The smallest absolute Gasteiger partial charge is 0.310 e. The lowest BCUT2D eigenvalue weighted by molar-refractivity contribution is -0.139. The molecule has 7 heteroatoms. The number of rotatable bonds is 3. The zero-order chi connectivity index (χ0) is 13.0. The molecule has 0 bridgehead atoms. The second-order valence-corrected chi connectivity index (χ2v) is 4.14. The van der Waals surface area contributed by atoms with E-state index in [1.165, 1.54) is 13.2 Å². The molecule has 90 valence electrons. The Hall–Kier alpha value is -1.30. The fraction of sp³-hybridized carbons (Fsp3) is 0.300. The predicted octanol–water partition coefficient (Wildman–Crippen LogP) is 2.21. The number of carbonyl (C=O) groups excluding carboxylic acids is 1. The van der Waals surface area contributed by atoms with Crippen LogP contribution >= 0.6 is 22.6 Å². The van der Waals surface area contributed by atoms with Gasteiger partial charge >= 0.3 is 5.97 Å². The lowest BCUT2D eigenvalue weighted by atomic mass is 10.0. The monoisotopic (exact) mass is 352 g/mol. The van der Waals surface area contributed by atoms with Gasteiger partial charge in [0.15, 0.2) is 0 Å². The maximum absolute atomic E-state index is 12.7. The van der Waals surface area contributed by atoms with Crippen molar-refractivity contribution in [3.8, 4) is 6.07 Å². The Morgan fingerprint density at radius 2 is 2.35 bits per heavy atom. The number of hydrogen-bond acceptors (Lipinski definition) is 4. The molecular weight excluding hydrogens is 345 g/mol. The first-order valence-electron chi connectivity index (χ1n) is 4.44. The Morgan fingerprint density at radius 1 is 1.71 bits per heavy atom. The van der Waals surface area contributed by atoms with E-state index in [-0.39, 0.29) is 17.5 Å². The van der Waals surface area contributed by atoms with Gasteiger partial charge in [-0.25, -0.2) is 13.8 Å². The molecule has 1 aromatic rings. The predicted molar refractivity (Wildman–Crippen MR) is 62.3 cm³/mol. The Morgan fingerprint density at radius 3 is 2.82 bits per heavy atom. The summed E-state index contributed by atoms with van der Waals surface area (Å²) in [5, 5.41) is 8.85. The summed E-state index contributed by atoms with van der Waals surface area (Å²) in [6, 6.07) is 3.07. The first kappa shape index (κ1) is 13.8. The molecule has 0 aromatic carbocycles. The number of halogens is 3. The highest BCUT2D eigenvalue weighted by molar-refractivity contribution is 14.1. The minimum Gasteiger partial charge on any atom is -0.469 e. The number of esters is 1. The minimum atomic E-state index is -2.85. The number of ether oxygens (including phenoxy) is 1. The molecule has 0 N–H and O–H groups in total. The number of aromatic nitrogens is 1. The third-order valence-electron chi connectivity index (χ3n) is 1.98. The van der Waals surface area contributed by atoms with Gasteiger partial charge in [-0.05, 0) is 34.2 Å². The summed E-state index contributed by atoms with van der Waals surface area (Å²) in [6.07, 6.45) is -3.08. The summed E-state index contributed by atoms with van der Waals surface area (Å²) in [5.74, 6) is -0.594. The van der Waals surface area contributed by atoms with Crippen molar-refractivity contribution in [3.05, 3.63) is 26.6 Å². The lowest BCUT2D eigenvalue weighted by Crippen LogP contribution is -2.09. The summed E-state index contributed by atoms with van der Waals surface area (Å²) in [6.45, 7) is 0. The first-order valence-corrected chi connectivity index (χ1v) is 5.51. The van der Waals surface area contributed by atoms with Crippen molar-refractivity contribution in [1.29, 1.82) is 5.26 Å². The third-order valence-corrected chi connectivity index (χ3v) is 2.53. The summed E-state index contributed by atoms with van der Waals surface area (Å²) in [7, 11) is 1.19. The Balaban J connectivity index is 3.29. The van der Waals surface area contributed by atoms with Gasteiger partial charge in [-0.2, -0.15) is 5.26 Å². The molecule has 1 heterocycles. The van der Waals surface area contributed by atoms with Crippen molar-refractivity contribution in [2.75, 3.05) is 7.11 Å². The van der Waals surface area contributed by atoms with Crippen molar-refractivity contribution in [2.45, 2.75) is 12.8 Å². The third kappa shape index (κ3) is 3.33. The minimum absolute atomic E-state index is 0.203. The molecule has 0 aliphatic rings. The highest BCUT2D eigenvalue weighted by Gasteiger charge is 2.20. The zero-order valence-electron chi connectivity index (χ0n) is 8.71. The molecule has 0 aliphatic carbocycles. The zero-order valence-corrected chi connectivity index (χ0v) is 10.9. The Bertz CT molecular complexity index is 486. The van der Waals surface area contributed by atoms with Crippen LogP contribution in [0.3, 0.4) is 0 Å². The molecule has 4 nitrogen and oxygen atoms in total. The van der Waals surface area contributed by atoms with Crippen LogP contribution in [-0.4, -0.2) is 18.1 Å². The molecule has 0 unspecified atom stereocenters. The molecule has 1 aromatic heterocycles. The van der Waals surface area contributed by atoms with Crippen molar-refractivity contribution in [2.24, 2.45) is 0 Å². The molecule has 0 fully saturated rings. The molecule has 1 rings (SSSR count).